The van der Waals surface area contributed by atoms with Crippen LogP contribution in [0.3, 0.4) is 0 Å². The van der Waals surface area contributed by atoms with Crippen LogP contribution in [0.1, 0.15) is 60.3 Å². The zero-order chi connectivity index (χ0) is 12.3. The molecule has 0 unspecified atom stereocenters. The maximum Gasteiger partial charge on any atom is 0.407 e. The molecule has 0 bridgehead atoms. The number of ether oxygens (including phenoxy) is 1. The third-order valence-corrected chi connectivity index (χ3v) is 1.56. The predicted molar refractivity (Wildman–Crippen MR) is 65.1 cm³/mol. The molecule has 92 valence electrons. The predicted octanol–water partition coefficient (Wildman–Crippen LogP) is 3.73. The quantitative estimate of drug-likeness (QED) is 0.731. The lowest BCUT2D eigenvalue weighted by Crippen LogP contribution is -2.30. The van der Waals surface area contributed by atoms with Gasteiger partial charge in [0.1, 0.15) is 5.60 Å². The van der Waals surface area contributed by atoms with Gasteiger partial charge in [-0.15, -0.1) is 0 Å². The normalized spacial score (nSPS) is 10.0. The number of hydrogen-bond acceptors (Lipinski definition) is 2. The minimum Gasteiger partial charge on any atom is -0.444 e. The topological polar surface area (TPSA) is 38.3 Å². The third-order valence-electron chi connectivity index (χ3n) is 1.56. The van der Waals surface area contributed by atoms with Gasteiger partial charge in [0, 0.05) is 7.05 Å². The molecule has 0 saturated carbocycles. The van der Waals surface area contributed by atoms with Gasteiger partial charge in [0.2, 0.25) is 0 Å². The van der Waals surface area contributed by atoms with E-state index in [2.05, 4.69) is 19.2 Å². The van der Waals surface area contributed by atoms with Crippen molar-refractivity contribution in [1.82, 2.24) is 5.32 Å². The first kappa shape index (κ1) is 16.7. The van der Waals surface area contributed by atoms with Crippen molar-refractivity contribution in [3.63, 3.8) is 0 Å². The summed E-state index contributed by atoms with van der Waals surface area (Å²) in [4.78, 5) is 10.5. The second-order valence-electron chi connectivity index (χ2n) is 4.46. The maximum atomic E-state index is 10.5. The van der Waals surface area contributed by atoms with Crippen LogP contribution in [0.4, 0.5) is 4.79 Å². The molecular formula is C12H27NO2. The van der Waals surface area contributed by atoms with Crippen molar-refractivity contribution in [3.05, 3.63) is 0 Å². The maximum absolute atomic E-state index is 10.5. The fourth-order valence-corrected chi connectivity index (χ4v) is 0.829. The Balaban J connectivity index is 0. The molecule has 1 amide bonds. The summed E-state index contributed by atoms with van der Waals surface area (Å²) in [6, 6.07) is 0. The largest absolute Gasteiger partial charge is 0.444 e. The Morgan fingerprint density at radius 3 is 1.67 bits per heavy atom. The number of alkyl carbamates (subject to hydrolysis) is 1. The van der Waals surface area contributed by atoms with E-state index in [1.54, 1.807) is 0 Å². The van der Waals surface area contributed by atoms with Crippen molar-refractivity contribution in [1.29, 1.82) is 0 Å². The average Bonchev–Trinajstić information content (AvgIpc) is 2.13. The Morgan fingerprint density at radius 2 is 1.53 bits per heavy atom. The summed E-state index contributed by atoms with van der Waals surface area (Å²) in [6.07, 6.45) is 5.15. The van der Waals surface area contributed by atoms with Crippen molar-refractivity contribution < 1.29 is 9.53 Å². The highest BCUT2D eigenvalue weighted by molar-refractivity contribution is 5.67. The minimum atomic E-state index is -0.389. The Morgan fingerprint density at radius 1 is 1.13 bits per heavy atom. The standard InChI is InChI=1S/C6H13NO2.C6H14/c1-6(2,3)9-5(8)7-4;1-3-5-6-4-2/h1-4H3,(H,7,8);3-6H2,1-2H3. The molecule has 3 heteroatoms. The van der Waals surface area contributed by atoms with Crippen LogP contribution < -0.4 is 5.32 Å². The molecule has 0 aliphatic heterocycles. The van der Waals surface area contributed by atoms with Gasteiger partial charge in [0.15, 0.2) is 0 Å². The molecule has 0 aromatic heterocycles. The molecule has 0 heterocycles. The van der Waals surface area contributed by atoms with E-state index in [1.165, 1.54) is 32.7 Å². The van der Waals surface area contributed by atoms with E-state index in [1.807, 2.05) is 20.8 Å². The van der Waals surface area contributed by atoms with Gasteiger partial charge in [-0.05, 0) is 20.8 Å². The molecule has 1 N–H and O–H groups in total. The van der Waals surface area contributed by atoms with Crippen LogP contribution >= 0.6 is 0 Å². The smallest absolute Gasteiger partial charge is 0.407 e. The minimum absolute atomic E-state index is 0.387. The van der Waals surface area contributed by atoms with Crippen LogP contribution in [-0.4, -0.2) is 18.7 Å². The van der Waals surface area contributed by atoms with Crippen LogP contribution in [0.15, 0.2) is 0 Å². The van der Waals surface area contributed by atoms with E-state index < -0.39 is 0 Å². The molecule has 0 fully saturated rings. The summed E-state index contributed by atoms with van der Waals surface area (Å²) in [6.45, 7) is 9.93. The lowest BCUT2D eigenvalue weighted by molar-refractivity contribution is 0.0541. The molecule has 3 nitrogen and oxygen atoms in total. The van der Waals surface area contributed by atoms with Gasteiger partial charge in [-0.1, -0.05) is 39.5 Å². The van der Waals surface area contributed by atoms with Crippen molar-refractivity contribution in [2.45, 2.75) is 65.9 Å². The number of amides is 1. The van der Waals surface area contributed by atoms with E-state index in [9.17, 15) is 4.79 Å². The van der Waals surface area contributed by atoms with E-state index >= 15 is 0 Å². The third kappa shape index (κ3) is 19.6. The monoisotopic (exact) mass is 217 g/mol. The molecule has 0 aromatic carbocycles. The fraction of sp³-hybridized carbons (Fsp3) is 0.917. The molecule has 0 saturated heterocycles. The molecule has 0 atom stereocenters. The Hall–Kier alpha value is -0.730. The number of unbranched alkanes of at least 4 members (excludes halogenated alkanes) is 3. The number of nitrogens with one attached hydrogen (secondary N) is 1. The molecule has 15 heavy (non-hydrogen) atoms. The van der Waals surface area contributed by atoms with Crippen LogP contribution in [0, 0.1) is 0 Å². The summed E-state index contributed by atoms with van der Waals surface area (Å²) in [5.74, 6) is 0. The van der Waals surface area contributed by atoms with Gasteiger partial charge in [-0.25, -0.2) is 4.79 Å². The van der Waals surface area contributed by atoms with Crippen molar-refractivity contribution in [2.75, 3.05) is 7.05 Å². The van der Waals surface area contributed by atoms with Crippen LogP contribution in [0.5, 0.6) is 0 Å². The number of carbonyl (C=O) groups is 1. The van der Waals surface area contributed by atoms with E-state index in [0.29, 0.717) is 0 Å². The van der Waals surface area contributed by atoms with Crippen LogP contribution in [0.2, 0.25) is 0 Å². The summed E-state index contributed by atoms with van der Waals surface area (Å²) >= 11 is 0. The number of hydrogen-bond donors (Lipinski definition) is 1. The van der Waals surface area contributed by atoms with Crippen molar-refractivity contribution in [2.24, 2.45) is 0 Å². The van der Waals surface area contributed by atoms with Gasteiger partial charge >= 0.3 is 6.09 Å². The Kier molecular flexibility index (Phi) is 10.9. The number of rotatable bonds is 3. The molecule has 0 rings (SSSR count). The average molecular weight is 217 g/mol. The van der Waals surface area contributed by atoms with Crippen LogP contribution in [0.25, 0.3) is 0 Å². The number of carbonyl (C=O) groups excluding carboxylic acids is 1. The fourth-order valence-electron chi connectivity index (χ4n) is 0.829. The molecule has 0 aromatic rings. The lowest BCUT2D eigenvalue weighted by Gasteiger charge is -2.18. The van der Waals surface area contributed by atoms with Crippen molar-refractivity contribution in [3.8, 4) is 0 Å². The van der Waals surface area contributed by atoms with E-state index in [-0.39, 0.29) is 11.7 Å². The summed E-state index contributed by atoms with van der Waals surface area (Å²) < 4.78 is 4.84. The molecule has 0 aliphatic carbocycles. The zero-order valence-corrected chi connectivity index (χ0v) is 11.1. The highest BCUT2D eigenvalue weighted by atomic mass is 16.6. The second kappa shape index (κ2) is 9.81. The highest BCUT2D eigenvalue weighted by Crippen LogP contribution is 2.05. The van der Waals surface area contributed by atoms with Crippen molar-refractivity contribution >= 4 is 6.09 Å². The van der Waals surface area contributed by atoms with Gasteiger partial charge in [0.25, 0.3) is 0 Å². The van der Waals surface area contributed by atoms with Gasteiger partial charge in [-0.2, -0.15) is 0 Å². The Bertz CT molecular complexity index is 146. The van der Waals surface area contributed by atoms with Crippen LogP contribution in [-0.2, 0) is 4.74 Å². The highest BCUT2D eigenvalue weighted by Gasteiger charge is 2.13. The molecular weight excluding hydrogens is 190 g/mol. The first-order chi connectivity index (χ1) is 6.87. The summed E-state index contributed by atoms with van der Waals surface area (Å²) in [5, 5.41) is 2.36. The Labute approximate surface area is 94.6 Å². The second-order valence-corrected chi connectivity index (χ2v) is 4.46. The van der Waals surface area contributed by atoms with E-state index in [0.717, 1.165) is 0 Å². The molecule has 0 radical (unpaired) electrons. The SMILES string of the molecule is CCCCCC.CNC(=O)OC(C)(C)C. The summed E-state index contributed by atoms with van der Waals surface area (Å²) in [7, 11) is 1.54. The summed E-state index contributed by atoms with van der Waals surface area (Å²) in [5.41, 5.74) is -0.389. The van der Waals surface area contributed by atoms with Gasteiger partial charge < -0.3 is 10.1 Å². The first-order valence-corrected chi connectivity index (χ1v) is 5.78. The molecule has 0 spiro atoms. The first-order valence-electron chi connectivity index (χ1n) is 5.78. The molecule has 0 aliphatic rings. The van der Waals surface area contributed by atoms with Gasteiger partial charge in [0.05, 0.1) is 0 Å². The van der Waals surface area contributed by atoms with Gasteiger partial charge in [-0.3, -0.25) is 0 Å². The van der Waals surface area contributed by atoms with E-state index in [4.69, 9.17) is 4.74 Å². The zero-order valence-electron chi connectivity index (χ0n) is 11.1. The lowest BCUT2D eigenvalue weighted by atomic mass is 10.2.